The maximum absolute atomic E-state index is 13.5. The molecule has 3 rings (SSSR count). The topological polar surface area (TPSA) is 78.4 Å². The Morgan fingerprint density at radius 2 is 1.88 bits per heavy atom. The highest BCUT2D eigenvalue weighted by molar-refractivity contribution is 5.94. The molecule has 0 saturated heterocycles. The first-order chi connectivity index (χ1) is 14.8. The van der Waals surface area contributed by atoms with Gasteiger partial charge in [0.25, 0.3) is 5.91 Å². The number of benzene rings is 1. The van der Waals surface area contributed by atoms with E-state index in [1.165, 1.54) is 18.2 Å². The monoisotopic (exact) mass is 446 g/mol. The molecule has 1 aromatic rings. The van der Waals surface area contributed by atoms with Gasteiger partial charge in [-0.05, 0) is 87.8 Å². The minimum Gasteiger partial charge on any atom is -0.392 e. The van der Waals surface area contributed by atoms with Crippen molar-refractivity contribution >= 4 is 11.8 Å². The van der Waals surface area contributed by atoms with Crippen molar-refractivity contribution in [2.75, 3.05) is 0 Å². The van der Waals surface area contributed by atoms with E-state index in [1.807, 2.05) is 27.7 Å². The fraction of sp³-hybridized carbons (Fsp3) is 0.692. The lowest BCUT2D eigenvalue weighted by molar-refractivity contribution is -0.143. The molecule has 0 radical (unpaired) electrons. The molecule has 0 spiro atoms. The third-order valence-electron chi connectivity index (χ3n) is 7.85. The van der Waals surface area contributed by atoms with Gasteiger partial charge in [0.15, 0.2) is 0 Å². The standard InChI is InChI=1S/C26H39FN2O3/c1-15(23(31)29-25(3,4)5)19-10-12-26(6)13-11-20(16(2)21(26)22(19)30)28-24(32)17-8-7-9-18(27)14-17/h7-9,14-16,19-22,30H,10-13H2,1-6H3,(H,28,32)(H,29,31)/t15-,16-,19-,20-,21+,22-,26+/m0/s1. The van der Waals surface area contributed by atoms with E-state index in [9.17, 15) is 19.1 Å². The van der Waals surface area contributed by atoms with Crippen LogP contribution in [-0.4, -0.2) is 34.6 Å². The summed E-state index contributed by atoms with van der Waals surface area (Å²) in [6.07, 6.45) is 2.90. The molecule has 2 amide bonds. The summed E-state index contributed by atoms with van der Waals surface area (Å²) in [5.41, 5.74) is -0.0282. The lowest BCUT2D eigenvalue weighted by Gasteiger charge is -2.56. The molecule has 7 atom stereocenters. The number of amides is 2. The number of hydrogen-bond donors (Lipinski definition) is 3. The van der Waals surface area contributed by atoms with E-state index in [4.69, 9.17) is 0 Å². The molecule has 2 aliphatic rings. The van der Waals surface area contributed by atoms with E-state index in [-0.39, 0.29) is 52.5 Å². The number of aliphatic hydroxyl groups excluding tert-OH is 1. The van der Waals surface area contributed by atoms with Crippen molar-refractivity contribution in [2.45, 2.75) is 84.9 Å². The van der Waals surface area contributed by atoms with E-state index in [2.05, 4.69) is 24.5 Å². The van der Waals surface area contributed by atoms with Crippen molar-refractivity contribution in [3.8, 4) is 0 Å². The fourth-order valence-corrected chi connectivity index (χ4v) is 6.06. The predicted molar refractivity (Wildman–Crippen MR) is 123 cm³/mol. The van der Waals surface area contributed by atoms with Gasteiger partial charge in [-0.2, -0.15) is 0 Å². The van der Waals surface area contributed by atoms with Gasteiger partial charge in [-0.15, -0.1) is 0 Å². The molecule has 5 nitrogen and oxygen atoms in total. The molecule has 2 aliphatic carbocycles. The highest BCUT2D eigenvalue weighted by Gasteiger charge is 2.54. The maximum atomic E-state index is 13.5. The number of fused-ring (bicyclic) bond motifs is 1. The molecule has 0 aromatic heterocycles. The summed E-state index contributed by atoms with van der Waals surface area (Å²) in [7, 11) is 0. The quantitative estimate of drug-likeness (QED) is 0.645. The average Bonchev–Trinajstić information content (AvgIpc) is 2.68. The summed E-state index contributed by atoms with van der Waals surface area (Å²) in [6, 6.07) is 5.60. The zero-order chi connectivity index (χ0) is 23.8. The van der Waals surface area contributed by atoms with Crippen molar-refractivity contribution < 1.29 is 19.1 Å². The average molecular weight is 447 g/mol. The second kappa shape index (κ2) is 9.12. The van der Waals surface area contributed by atoms with Crippen molar-refractivity contribution in [3.63, 3.8) is 0 Å². The lowest BCUT2D eigenvalue weighted by atomic mass is 9.51. The number of rotatable bonds is 4. The Balaban J connectivity index is 1.75. The molecule has 178 valence electrons. The third-order valence-corrected chi connectivity index (χ3v) is 7.85. The summed E-state index contributed by atoms with van der Waals surface area (Å²) in [6.45, 7) is 12.1. The summed E-state index contributed by atoms with van der Waals surface area (Å²) in [5.74, 6) is -1.12. The molecule has 0 bridgehead atoms. The molecule has 1 aromatic carbocycles. The highest BCUT2D eigenvalue weighted by atomic mass is 19.1. The zero-order valence-corrected chi connectivity index (χ0v) is 20.2. The smallest absolute Gasteiger partial charge is 0.251 e. The second-order valence-corrected chi connectivity index (χ2v) is 11.4. The minimum atomic E-state index is -0.613. The molecule has 32 heavy (non-hydrogen) atoms. The predicted octanol–water partition coefficient (Wildman–Crippen LogP) is 4.30. The van der Waals surface area contributed by atoms with Gasteiger partial charge in [0.1, 0.15) is 5.82 Å². The Morgan fingerprint density at radius 1 is 1.22 bits per heavy atom. The summed E-state index contributed by atoms with van der Waals surface area (Å²) < 4.78 is 13.5. The molecule has 0 aliphatic heterocycles. The fourth-order valence-electron chi connectivity index (χ4n) is 6.06. The normalized spacial score (nSPS) is 33.7. The van der Waals surface area contributed by atoms with E-state index in [0.29, 0.717) is 5.56 Å². The van der Waals surface area contributed by atoms with Crippen molar-refractivity contribution in [1.29, 1.82) is 0 Å². The van der Waals surface area contributed by atoms with E-state index in [1.54, 1.807) is 6.07 Å². The largest absolute Gasteiger partial charge is 0.392 e. The van der Waals surface area contributed by atoms with Crippen LogP contribution in [0.4, 0.5) is 4.39 Å². The summed E-state index contributed by atoms with van der Waals surface area (Å²) in [4.78, 5) is 25.5. The van der Waals surface area contributed by atoms with Gasteiger partial charge in [0.05, 0.1) is 6.10 Å². The highest BCUT2D eigenvalue weighted by Crippen LogP contribution is 2.55. The van der Waals surface area contributed by atoms with Gasteiger partial charge in [-0.3, -0.25) is 9.59 Å². The van der Waals surface area contributed by atoms with Crippen molar-refractivity contribution in [3.05, 3.63) is 35.6 Å². The van der Waals surface area contributed by atoms with Gasteiger partial charge in [0, 0.05) is 23.1 Å². The SMILES string of the molecule is C[C@@H]1[C@@H]2[C@@H](O)[C@H]([C@H](C)C(=O)NC(C)(C)C)CC[C@]2(C)CC[C@@H]1NC(=O)c1cccc(F)c1. The van der Waals surface area contributed by atoms with Crippen LogP contribution in [0, 0.1) is 34.9 Å². The Bertz CT molecular complexity index is 852. The Kier molecular flexibility index (Phi) is 7.04. The van der Waals surface area contributed by atoms with Gasteiger partial charge in [-0.1, -0.05) is 26.8 Å². The van der Waals surface area contributed by atoms with Crippen LogP contribution in [-0.2, 0) is 4.79 Å². The van der Waals surface area contributed by atoms with Crippen LogP contribution in [0.15, 0.2) is 24.3 Å². The summed E-state index contributed by atoms with van der Waals surface area (Å²) >= 11 is 0. The Hall–Kier alpha value is -1.95. The second-order valence-electron chi connectivity index (χ2n) is 11.4. The van der Waals surface area contributed by atoms with Gasteiger partial charge < -0.3 is 15.7 Å². The van der Waals surface area contributed by atoms with Crippen molar-refractivity contribution in [1.82, 2.24) is 10.6 Å². The number of carbonyl (C=O) groups excluding carboxylic acids is 2. The number of halogens is 1. The van der Waals surface area contributed by atoms with E-state index < -0.39 is 11.9 Å². The van der Waals surface area contributed by atoms with Gasteiger partial charge in [0.2, 0.25) is 5.91 Å². The first-order valence-electron chi connectivity index (χ1n) is 11.9. The molecule has 2 fully saturated rings. The number of carbonyl (C=O) groups is 2. The number of nitrogens with one attached hydrogen (secondary N) is 2. The number of hydrogen-bond acceptors (Lipinski definition) is 3. The first-order valence-corrected chi connectivity index (χ1v) is 11.9. The third kappa shape index (κ3) is 5.16. The van der Waals surface area contributed by atoms with Crippen LogP contribution in [0.2, 0.25) is 0 Å². The van der Waals surface area contributed by atoms with Crippen LogP contribution in [0.25, 0.3) is 0 Å². The first kappa shape index (κ1) is 24.7. The van der Waals surface area contributed by atoms with Crippen LogP contribution < -0.4 is 10.6 Å². The van der Waals surface area contributed by atoms with Crippen LogP contribution in [0.3, 0.4) is 0 Å². The van der Waals surface area contributed by atoms with Crippen LogP contribution in [0.5, 0.6) is 0 Å². The molecule has 2 saturated carbocycles. The summed E-state index contributed by atoms with van der Waals surface area (Å²) in [5, 5.41) is 17.6. The van der Waals surface area contributed by atoms with Crippen LogP contribution in [0.1, 0.15) is 77.6 Å². The molecule has 6 heteroatoms. The molecular weight excluding hydrogens is 407 g/mol. The molecule has 0 heterocycles. The van der Waals surface area contributed by atoms with Crippen LogP contribution >= 0.6 is 0 Å². The minimum absolute atomic E-state index is 0.0160. The van der Waals surface area contributed by atoms with Gasteiger partial charge in [-0.25, -0.2) is 4.39 Å². The Labute approximate surface area is 191 Å². The molecular formula is C26H39FN2O3. The lowest BCUT2D eigenvalue weighted by Crippen LogP contribution is -2.59. The molecule has 3 N–H and O–H groups in total. The van der Waals surface area contributed by atoms with E-state index in [0.717, 1.165) is 25.7 Å². The zero-order valence-electron chi connectivity index (χ0n) is 20.2. The Morgan fingerprint density at radius 3 is 2.50 bits per heavy atom. The van der Waals surface area contributed by atoms with Gasteiger partial charge >= 0.3 is 0 Å². The van der Waals surface area contributed by atoms with E-state index >= 15 is 0 Å². The molecule has 0 unspecified atom stereocenters. The number of aliphatic hydroxyl groups is 1. The maximum Gasteiger partial charge on any atom is 0.251 e. The van der Waals surface area contributed by atoms with Crippen molar-refractivity contribution in [2.24, 2.45) is 29.1 Å².